The van der Waals surface area contributed by atoms with Gasteiger partial charge in [-0.05, 0) is 87.6 Å². The summed E-state index contributed by atoms with van der Waals surface area (Å²) in [7, 11) is 0.878. The predicted octanol–water partition coefficient (Wildman–Crippen LogP) is 5.69. The molecule has 57 heavy (non-hydrogen) atoms. The number of rotatable bonds is 7. The van der Waals surface area contributed by atoms with Crippen LogP contribution in [-0.4, -0.2) is 98.7 Å². The van der Waals surface area contributed by atoms with Crippen LogP contribution in [0.5, 0.6) is 11.6 Å². The number of nitrogens with one attached hydrogen (secondary N) is 3. The monoisotopic (exact) mass is 814 g/mol. The van der Waals surface area contributed by atoms with Crippen molar-refractivity contribution in [1.29, 1.82) is 0 Å². The lowest BCUT2D eigenvalue weighted by molar-refractivity contribution is -0.143. The maximum Gasteiger partial charge on any atom is 0.408 e. The maximum atomic E-state index is 14.8. The first kappa shape index (κ1) is 41.1. The van der Waals surface area contributed by atoms with E-state index < -0.39 is 81.9 Å². The molecule has 5 aliphatic rings. The standard InChI is InChI=1S/C41H56F2N6O7S/c1-8-57(40(6)16-17-40)48-37(52)41(20-25(41)33(42)43)47-34(50)31-22(2)30-21-49(31)36(51)32(39(3,4)5)46-38(53)56-29-18-23(29)12-10-9-11-13-27-35(55-30)45-28-19-24(54-7)14-15-26(28)44-27/h8,14-15,19,22-23,25,29-33H,9-13,16-18,20-21H2,1-7H3,(H,46,53)(H,47,50)(H,48,52)/t22-,23-,25+,29-,30+,31+,32-,41-,57?/m1/s1. The minimum absolute atomic E-state index is 0.0898. The lowest BCUT2D eigenvalue weighted by Gasteiger charge is -2.36. The second-order valence-corrected chi connectivity index (χ2v) is 20.2. The van der Waals surface area contributed by atoms with Crippen molar-refractivity contribution in [2.45, 2.75) is 140 Å². The molecule has 3 N–H and O–H groups in total. The largest absolute Gasteiger partial charge is 0.497 e. The Labute approximate surface area is 335 Å². The second-order valence-electron chi connectivity index (χ2n) is 17.8. The number of aromatic nitrogens is 2. The van der Waals surface area contributed by atoms with E-state index in [4.69, 9.17) is 24.2 Å². The van der Waals surface area contributed by atoms with Gasteiger partial charge in [0, 0.05) is 16.7 Å². The summed E-state index contributed by atoms with van der Waals surface area (Å²) in [6.07, 6.45) is 1.81. The van der Waals surface area contributed by atoms with Crippen LogP contribution in [0.4, 0.5) is 13.6 Å². The van der Waals surface area contributed by atoms with Crippen LogP contribution < -0.4 is 24.8 Å². The van der Waals surface area contributed by atoms with Gasteiger partial charge in [-0.2, -0.15) is 0 Å². The molecule has 1 unspecified atom stereocenters. The van der Waals surface area contributed by atoms with Crippen molar-refractivity contribution < 1.29 is 42.2 Å². The van der Waals surface area contributed by atoms with Crippen molar-refractivity contribution in [3.05, 3.63) is 23.9 Å². The summed E-state index contributed by atoms with van der Waals surface area (Å²) in [5.41, 5.74) is -0.839. The van der Waals surface area contributed by atoms with E-state index in [1.54, 1.807) is 40.9 Å². The molecule has 1 aromatic heterocycles. The summed E-state index contributed by atoms with van der Waals surface area (Å²) in [6, 6.07) is 3.03. The highest BCUT2D eigenvalue weighted by Crippen LogP contribution is 2.53. The van der Waals surface area contributed by atoms with Gasteiger partial charge in [-0.15, -0.1) is 0 Å². The van der Waals surface area contributed by atoms with Crippen molar-refractivity contribution in [2.24, 2.45) is 23.2 Å². The fraction of sp³-hybridized carbons (Fsp3) is 0.683. The molecule has 3 heterocycles. The van der Waals surface area contributed by atoms with E-state index in [0.717, 1.165) is 44.9 Å². The molecule has 0 spiro atoms. The quantitative estimate of drug-likeness (QED) is 0.298. The summed E-state index contributed by atoms with van der Waals surface area (Å²) < 4.78 is 49.5. The van der Waals surface area contributed by atoms with Crippen LogP contribution >= 0.6 is 10.7 Å². The number of fused-ring (bicyclic) bond motifs is 5. The first-order chi connectivity index (χ1) is 27.0. The molecular weight excluding hydrogens is 759 g/mol. The molecule has 16 heteroatoms. The number of nitrogens with zero attached hydrogens (tertiary/aromatic N) is 3. The normalized spacial score (nSPS) is 31.8. The number of ether oxygens (including phenoxy) is 3. The zero-order valence-corrected chi connectivity index (χ0v) is 34.7. The zero-order chi connectivity index (χ0) is 41.0. The SMILES string of the molecule is C/C=S(/NC(=O)[C@@]1(NC(=O)[C@@H]2[C@H](C)[C@@H]3CN2C(=O)[C@H](C(C)(C)C)NC(=O)O[C@@H]2C[C@H]2CCCCCc2nc4ccc(OC)cc4nc2O3)C[C@H]1C(F)F)C1(C)CC1. The molecule has 4 fully saturated rings. The van der Waals surface area contributed by atoms with Gasteiger partial charge in [-0.1, -0.05) is 51.2 Å². The Kier molecular flexibility index (Phi) is 11.2. The molecule has 3 saturated carbocycles. The summed E-state index contributed by atoms with van der Waals surface area (Å²) in [5.74, 6) is -2.99. The number of alkyl halides is 2. The van der Waals surface area contributed by atoms with Crippen LogP contribution in [0.1, 0.15) is 98.6 Å². The topological polar surface area (TPSA) is 161 Å². The van der Waals surface area contributed by atoms with E-state index in [2.05, 4.69) is 15.4 Å². The number of carbonyl (C=O) groups excluding carboxylic acids is 4. The molecule has 0 radical (unpaired) electrons. The van der Waals surface area contributed by atoms with Crippen LogP contribution in [-0.2, 0) is 25.5 Å². The third-order valence-electron chi connectivity index (χ3n) is 12.5. The van der Waals surface area contributed by atoms with Gasteiger partial charge in [-0.3, -0.25) is 14.4 Å². The van der Waals surface area contributed by atoms with Gasteiger partial charge in [0.05, 0.1) is 30.6 Å². The molecule has 7 rings (SSSR count). The third kappa shape index (κ3) is 8.43. The number of benzene rings is 1. The van der Waals surface area contributed by atoms with Crippen LogP contribution in [0.2, 0.25) is 0 Å². The minimum atomic E-state index is -2.86. The summed E-state index contributed by atoms with van der Waals surface area (Å²) >= 11 is 0. The molecule has 4 amide bonds. The van der Waals surface area contributed by atoms with Gasteiger partial charge in [0.15, 0.2) is 0 Å². The number of carbonyl (C=O) groups is 4. The number of amides is 4. The zero-order valence-electron chi connectivity index (χ0n) is 33.9. The molecule has 1 aromatic carbocycles. The van der Waals surface area contributed by atoms with Crippen molar-refractivity contribution in [3.63, 3.8) is 0 Å². The number of halogens is 2. The Morgan fingerprint density at radius 1 is 1.11 bits per heavy atom. The molecule has 312 valence electrons. The van der Waals surface area contributed by atoms with Crippen molar-refractivity contribution >= 4 is 50.9 Å². The van der Waals surface area contributed by atoms with Crippen molar-refractivity contribution in [2.75, 3.05) is 13.7 Å². The second kappa shape index (κ2) is 15.6. The maximum absolute atomic E-state index is 14.8. The van der Waals surface area contributed by atoms with Gasteiger partial charge in [-0.25, -0.2) is 23.5 Å². The first-order valence-electron chi connectivity index (χ1n) is 20.2. The van der Waals surface area contributed by atoms with Gasteiger partial charge in [0.1, 0.15) is 41.3 Å². The Morgan fingerprint density at radius 2 is 1.86 bits per heavy atom. The summed E-state index contributed by atoms with van der Waals surface area (Å²) in [5, 5.41) is 7.41. The molecule has 9 atom stereocenters. The Balaban J connectivity index is 1.24. The van der Waals surface area contributed by atoms with Crippen molar-refractivity contribution in [3.8, 4) is 11.6 Å². The van der Waals surface area contributed by atoms with Gasteiger partial charge in [0.2, 0.25) is 24.1 Å². The van der Waals surface area contributed by atoms with Gasteiger partial charge >= 0.3 is 6.09 Å². The Morgan fingerprint density at radius 3 is 2.51 bits per heavy atom. The Bertz CT molecular complexity index is 1960. The summed E-state index contributed by atoms with van der Waals surface area (Å²) in [4.78, 5) is 67.9. The lowest BCUT2D eigenvalue weighted by atomic mass is 9.85. The van der Waals surface area contributed by atoms with Crippen molar-refractivity contribution in [1.82, 2.24) is 30.2 Å². The number of hydrogen-bond donors (Lipinski definition) is 3. The molecule has 3 aliphatic carbocycles. The highest BCUT2D eigenvalue weighted by Gasteiger charge is 2.67. The van der Waals surface area contributed by atoms with E-state index in [1.807, 2.05) is 31.3 Å². The van der Waals surface area contributed by atoms with Crippen LogP contribution in [0.15, 0.2) is 18.2 Å². The fourth-order valence-electron chi connectivity index (χ4n) is 8.34. The highest BCUT2D eigenvalue weighted by atomic mass is 32.2. The minimum Gasteiger partial charge on any atom is -0.497 e. The molecule has 13 nitrogen and oxygen atoms in total. The molecule has 2 bridgehead atoms. The third-order valence-corrected chi connectivity index (χ3v) is 14.8. The number of aryl methyl sites for hydroxylation is 1. The molecular formula is C41H56F2N6O7S. The van der Waals surface area contributed by atoms with Crippen LogP contribution in [0, 0.1) is 23.2 Å². The van der Waals surface area contributed by atoms with E-state index in [0.29, 0.717) is 28.9 Å². The number of methoxy groups -OCH3 is 1. The summed E-state index contributed by atoms with van der Waals surface area (Å²) in [6.45, 7) is 10.9. The highest BCUT2D eigenvalue weighted by molar-refractivity contribution is 8.15. The van der Waals surface area contributed by atoms with E-state index in [1.165, 1.54) is 4.90 Å². The Hall–Kier alpha value is -4.08. The van der Waals surface area contributed by atoms with Crippen LogP contribution in [0.25, 0.3) is 11.0 Å². The molecule has 2 aromatic rings. The predicted molar refractivity (Wildman–Crippen MR) is 212 cm³/mol. The first-order valence-corrected chi connectivity index (χ1v) is 21.5. The smallest absolute Gasteiger partial charge is 0.408 e. The number of hydrogen-bond acceptors (Lipinski definition) is 9. The van der Waals surface area contributed by atoms with Gasteiger partial charge in [0.25, 0.3) is 5.91 Å². The molecule has 1 saturated heterocycles. The lowest BCUT2D eigenvalue weighted by Crippen LogP contribution is -2.60. The number of alkyl carbamates (subject to hydrolysis) is 1. The van der Waals surface area contributed by atoms with E-state index >= 15 is 0 Å². The van der Waals surface area contributed by atoms with E-state index in [9.17, 15) is 28.0 Å². The average Bonchev–Trinajstić information content (AvgIpc) is 4.11. The average molecular weight is 815 g/mol. The van der Waals surface area contributed by atoms with E-state index in [-0.39, 0.29) is 35.6 Å². The van der Waals surface area contributed by atoms with Gasteiger partial charge < -0.3 is 34.5 Å². The fourth-order valence-corrected chi connectivity index (χ4v) is 10.2. The van der Waals surface area contributed by atoms with Crippen LogP contribution in [0.3, 0.4) is 0 Å². The molecule has 2 aliphatic heterocycles.